The largest absolute Gasteiger partial charge is 0.497 e. The number of ether oxygens (including phenoxy) is 1. The number of nitrogens with zero attached hydrogens (tertiary/aromatic N) is 1. The van der Waals surface area contributed by atoms with E-state index in [0.29, 0.717) is 0 Å². The fourth-order valence-electron chi connectivity index (χ4n) is 4.58. The molecule has 3 nitrogen and oxygen atoms in total. The fourth-order valence-corrected chi connectivity index (χ4v) is 4.58. The molecule has 27 heavy (non-hydrogen) atoms. The Morgan fingerprint density at radius 3 is 2.30 bits per heavy atom. The highest BCUT2D eigenvalue weighted by atomic mass is 16.5. The zero-order valence-corrected chi connectivity index (χ0v) is 17.1. The minimum Gasteiger partial charge on any atom is -0.497 e. The second-order valence-electron chi connectivity index (χ2n) is 8.38. The summed E-state index contributed by atoms with van der Waals surface area (Å²) in [5.41, 5.74) is 1.79. The fraction of sp³-hybridized carbons (Fsp3) is 0.500. The summed E-state index contributed by atoms with van der Waals surface area (Å²) in [6.07, 6.45) is 2.53. The van der Waals surface area contributed by atoms with Crippen LogP contribution in [0.15, 0.2) is 54.6 Å². The maximum absolute atomic E-state index is 11.4. The molecular formula is C24H33NO2. The molecule has 2 atom stereocenters. The molecule has 0 aliphatic carbocycles. The molecule has 1 fully saturated rings. The number of benzene rings is 2. The predicted octanol–water partition coefficient (Wildman–Crippen LogP) is 4.68. The number of likely N-dealkylation sites (tertiary alicyclic amines) is 1. The Bertz CT molecular complexity index is 726. The second-order valence-corrected chi connectivity index (χ2v) is 8.38. The van der Waals surface area contributed by atoms with Crippen molar-refractivity contribution in [2.45, 2.75) is 58.2 Å². The molecule has 2 aromatic rings. The zero-order valence-electron chi connectivity index (χ0n) is 17.1. The first kappa shape index (κ1) is 19.9. The van der Waals surface area contributed by atoms with Crippen molar-refractivity contribution in [3.63, 3.8) is 0 Å². The quantitative estimate of drug-likeness (QED) is 0.805. The van der Waals surface area contributed by atoms with E-state index < -0.39 is 5.60 Å². The first-order valence-corrected chi connectivity index (χ1v) is 10.0. The van der Waals surface area contributed by atoms with Crippen molar-refractivity contribution in [3.8, 4) is 5.75 Å². The van der Waals surface area contributed by atoms with Crippen molar-refractivity contribution in [1.29, 1.82) is 0 Å². The Hall–Kier alpha value is -1.84. The lowest BCUT2D eigenvalue weighted by Gasteiger charge is -2.56. The molecule has 2 unspecified atom stereocenters. The minimum atomic E-state index is -0.628. The smallest absolute Gasteiger partial charge is 0.118 e. The maximum Gasteiger partial charge on any atom is 0.118 e. The third kappa shape index (κ3) is 4.04. The Balaban J connectivity index is 1.89. The number of hydrogen-bond acceptors (Lipinski definition) is 3. The molecule has 0 amide bonds. The van der Waals surface area contributed by atoms with E-state index in [2.05, 4.69) is 68.1 Å². The van der Waals surface area contributed by atoms with Crippen molar-refractivity contribution >= 4 is 0 Å². The van der Waals surface area contributed by atoms with E-state index in [-0.39, 0.29) is 11.5 Å². The molecule has 3 rings (SSSR count). The summed E-state index contributed by atoms with van der Waals surface area (Å²) in [5, 5.41) is 11.4. The van der Waals surface area contributed by atoms with Gasteiger partial charge in [-0.05, 0) is 42.5 Å². The summed E-state index contributed by atoms with van der Waals surface area (Å²) in [7, 11) is 1.70. The summed E-state index contributed by atoms with van der Waals surface area (Å²) >= 11 is 0. The normalized spacial score (nSPS) is 25.3. The van der Waals surface area contributed by atoms with Crippen LogP contribution < -0.4 is 4.74 Å². The van der Waals surface area contributed by atoms with E-state index in [0.717, 1.165) is 38.1 Å². The molecule has 0 saturated carbocycles. The molecule has 1 aliphatic rings. The van der Waals surface area contributed by atoms with E-state index in [1.807, 2.05) is 12.1 Å². The van der Waals surface area contributed by atoms with E-state index in [1.165, 1.54) is 11.1 Å². The molecule has 0 aromatic heterocycles. The standard InChI is InChI=1S/C24H33NO2/c1-5-24(26)15-16-25(18-20-9-7-6-8-10-20)22(23(24,2)3)17-19-11-13-21(27-4)14-12-19/h6-14,22,26H,5,15-18H2,1-4H3. The number of methoxy groups -OCH3 is 1. The van der Waals surface area contributed by atoms with Gasteiger partial charge in [0, 0.05) is 24.5 Å². The lowest BCUT2D eigenvalue weighted by molar-refractivity contribution is -0.153. The Morgan fingerprint density at radius 2 is 1.70 bits per heavy atom. The lowest BCUT2D eigenvalue weighted by atomic mass is 9.62. The Morgan fingerprint density at radius 1 is 1.04 bits per heavy atom. The van der Waals surface area contributed by atoms with Gasteiger partial charge in [0.2, 0.25) is 0 Å². The van der Waals surface area contributed by atoms with Crippen LogP contribution in [-0.4, -0.2) is 35.3 Å². The van der Waals surface area contributed by atoms with Crippen LogP contribution in [0.2, 0.25) is 0 Å². The first-order valence-electron chi connectivity index (χ1n) is 10.0. The van der Waals surface area contributed by atoms with Gasteiger partial charge in [-0.1, -0.05) is 63.2 Å². The maximum atomic E-state index is 11.4. The van der Waals surface area contributed by atoms with Crippen LogP contribution in [0.25, 0.3) is 0 Å². The van der Waals surface area contributed by atoms with Gasteiger partial charge in [-0.25, -0.2) is 0 Å². The molecule has 0 bridgehead atoms. The van der Waals surface area contributed by atoms with Gasteiger partial charge >= 0.3 is 0 Å². The van der Waals surface area contributed by atoms with Crippen LogP contribution in [0.1, 0.15) is 44.7 Å². The highest BCUT2D eigenvalue weighted by Crippen LogP contribution is 2.46. The molecule has 0 radical (unpaired) electrons. The van der Waals surface area contributed by atoms with Crippen molar-refractivity contribution in [2.75, 3.05) is 13.7 Å². The van der Waals surface area contributed by atoms with Crippen molar-refractivity contribution in [2.24, 2.45) is 5.41 Å². The van der Waals surface area contributed by atoms with Gasteiger partial charge in [-0.2, -0.15) is 0 Å². The van der Waals surface area contributed by atoms with Gasteiger partial charge in [0.25, 0.3) is 0 Å². The Kier molecular flexibility index (Phi) is 5.92. The van der Waals surface area contributed by atoms with Gasteiger partial charge in [0.05, 0.1) is 12.7 Å². The summed E-state index contributed by atoms with van der Waals surface area (Å²) < 4.78 is 5.30. The molecule has 1 saturated heterocycles. The predicted molar refractivity (Wildman–Crippen MR) is 111 cm³/mol. The van der Waals surface area contributed by atoms with E-state index >= 15 is 0 Å². The topological polar surface area (TPSA) is 32.7 Å². The molecule has 1 heterocycles. The van der Waals surface area contributed by atoms with Crippen LogP contribution >= 0.6 is 0 Å². The number of rotatable bonds is 6. The second kappa shape index (κ2) is 8.04. The summed E-state index contributed by atoms with van der Waals surface area (Å²) in [5.74, 6) is 0.882. The zero-order chi connectivity index (χ0) is 19.5. The summed E-state index contributed by atoms with van der Waals surface area (Å²) in [6.45, 7) is 8.43. The molecule has 1 aliphatic heterocycles. The van der Waals surface area contributed by atoms with E-state index in [4.69, 9.17) is 4.74 Å². The highest BCUT2D eigenvalue weighted by Gasteiger charge is 2.52. The van der Waals surface area contributed by atoms with Crippen LogP contribution in [-0.2, 0) is 13.0 Å². The third-order valence-corrected chi connectivity index (χ3v) is 6.69. The molecule has 0 spiro atoms. The molecule has 1 N–H and O–H groups in total. The molecular weight excluding hydrogens is 334 g/mol. The third-order valence-electron chi connectivity index (χ3n) is 6.69. The van der Waals surface area contributed by atoms with E-state index in [1.54, 1.807) is 7.11 Å². The van der Waals surface area contributed by atoms with Gasteiger partial charge in [-0.15, -0.1) is 0 Å². The monoisotopic (exact) mass is 367 g/mol. The van der Waals surface area contributed by atoms with Gasteiger partial charge in [0.1, 0.15) is 5.75 Å². The summed E-state index contributed by atoms with van der Waals surface area (Å²) in [6, 6.07) is 19.3. The lowest BCUT2D eigenvalue weighted by Crippen LogP contribution is -2.63. The average Bonchev–Trinajstić information content (AvgIpc) is 2.69. The number of hydrogen-bond donors (Lipinski definition) is 1. The van der Waals surface area contributed by atoms with Crippen LogP contribution in [0.4, 0.5) is 0 Å². The number of piperidine rings is 1. The van der Waals surface area contributed by atoms with Crippen LogP contribution in [0, 0.1) is 5.41 Å². The van der Waals surface area contributed by atoms with Gasteiger partial charge in [0.15, 0.2) is 0 Å². The minimum absolute atomic E-state index is 0.200. The van der Waals surface area contributed by atoms with E-state index in [9.17, 15) is 5.11 Å². The van der Waals surface area contributed by atoms with Crippen molar-refractivity contribution in [1.82, 2.24) is 4.90 Å². The van der Waals surface area contributed by atoms with Gasteiger partial charge in [-0.3, -0.25) is 4.90 Å². The van der Waals surface area contributed by atoms with Gasteiger partial charge < -0.3 is 9.84 Å². The Labute approximate surface area is 164 Å². The van der Waals surface area contributed by atoms with Crippen LogP contribution in [0.3, 0.4) is 0 Å². The van der Waals surface area contributed by atoms with Crippen molar-refractivity contribution in [3.05, 3.63) is 65.7 Å². The van der Waals surface area contributed by atoms with Crippen molar-refractivity contribution < 1.29 is 9.84 Å². The SMILES string of the molecule is CCC1(O)CCN(Cc2ccccc2)C(Cc2ccc(OC)cc2)C1(C)C. The molecule has 2 aromatic carbocycles. The summed E-state index contributed by atoms with van der Waals surface area (Å²) in [4.78, 5) is 2.56. The molecule has 146 valence electrons. The highest BCUT2D eigenvalue weighted by molar-refractivity contribution is 5.28. The van der Waals surface area contributed by atoms with Crippen LogP contribution in [0.5, 0.6) is 5.75 Å². The number of aliphatic hydroxyl groups is 1. The average molecular weight is 368 g/mol. The first-order chi connectivity index (χ1) is 12.9. The molecule has 3 heteroatoms.